The van der Waals surface area contributed by atoms with Gasteiger partial charge in [0.2, 0.25) is 5.91 Å². The van der Waals surface area contributed by atoms with Crippen molar-refractivity contribution < 1.29 is 4.79 Å². The van der Waals surface area contributed by atoms with Gasteiger partial charge in [0.25, 0.3) is 0 Å². The first-order chi connectivity index (χ1) is 12.1. The van der Waals surface area contributed by atoms with E-state index < -0.39 is 0 Å². The molecule has 4 heterocycles. The molecule has 7 nitrogen and oxygen atoms in total. The second-order valence-corrected chi connectivity index (χ2v) is 6.95. The number of carbonyl (C=O) groups excluding carboxylic acids is 1. The predicted octanol–water partition coefficient (Wildman–Crippen LogP) is 1.55. The molecule has 2 unspecified atom stereocenters. The number of carbonyl (C=O) groups is 1. The van der Waals surface area contributed by atoms with Gasteiger partial charge in [-0.05, 0) is 39.3 Å². The summed E-state index contributed by atoms with van der Waals surface area (Å²) in [7, 11) is 0. The lowest BCUT2D eigenvalue weighted by atomic mass is 10.1. The van der Waals surface area contributed by atoms with Gasteiger partial charge >= 0.3 is 0 Å². The molecule has 2 aliphatic heterocycles. The number of rotatable bonds is 3. The minimum atomic E-state index is -0.292. The van der Waals surface area contributed by atoms with Crippen molar-refractivity contribution >= 4 is 5.91 Å². The van der Waals surface area contributed by atoms with Crippen LogP contribution in [-0.2, 0) is 17.8 Å². The minimum Gasteiger partial charge on any atom is -0.336 e. The Hall–Kier alpha value is -2.28. The van der Waals surface area contributed by atoms with Crippen molar-refractivity contribution in [2.24, 2.45) is 0 Å². The molecule has 1 fully saturated rings. The average molecular weight is 340 g/mol. The van der Waals surface area contributed by atoms with Gasteiger partial charge in [-0.1, -0.05) is 0 Å². The molecule has 1 amide bonds. The van der Waals surface area contributed by atoms with Gasteiger partial charge in [-0.15, -0.1) is 0 Å². The smallest absolute Gasteiger partial charge is 0.247 e. The predicted molar refractivity (Wildman–Crippen MR) is 92.8 cm³/mol. The lowest BCUT2D eigenvalue weighted by molar-refractivity contribution is -0.135. The van der Waals surface area contributed by atoms with Crippen LogP contribution in [0.2, 0.25) is 0 Å². The van der Waals surface area contributed by atoms with Gasteiger partial charge in [0.05, 0.1) is 11.7 Å². The van der Waals surface area contributed by atoms with E-state index in [1.54, 1.807) is 10.9 Å². The SMILES string of the molecule is Cc1ccnn1C(C)C(=O)N1CCc2nc(C3CCCN3)ncc2C1. The molecule has 132 valence electrons. The molecule has 2 aromatic rings. The lowest BCUT2D eigenvalue weighted by Crippen LogP contribution is -2.40. The van der Waals surface area contributed by atoms with E-state index in [0.29, 0.717) is 13.1 Å². The molecule has 0 radical (unpaired) electrons. The molecule has 1 saturated heterocycles. The molecule has 2 aromatic heterocycles. The molecule has 0 saturated carbocycles. The Bertz CT molecular complexity index is 780. The van der Waals surface area contributed by atoms with Crippen LogP contribution in [0.15, 0.2) is 18.5 Å². The van der Waals surface area contributed by atoms with E-state index in [-0.39, 0.29) is 18.0 Å². The molecule has 7 heteroatoms. The normalized spacial score (nSPS) is 21.2. The number of hydrogen-bond acceptors (Lipinski definition) is 5. The van der Waals surface area contributed by atoms with Gasteiger partial charge in [0.1, 0.15) is 11.9 Å². The number of nitrogens with zero attached hydrogens (tertiary/aromatic N) is 5. The number of aryl methyl sites for hydroxylation is 1. The number of hydrogen-bond donors (Lipinski definition) is 1. The Balaban J connectivity index is 1.49. The average Bonchev–Trinajstić information content (AvgIpc) is 3.31. The van der Waals surface area contributed by atoms with E-state index >= 15 is 0 Å². The third-order valence-electron chi connectivity index (χ3n) is 5.23. The zero-order valence-corrected chi connectivity index (χ0v) is 14.8. The first-order valence-corrected chi connectivity index (χ1v) is 9.00. The molecule has 0 aliphatic carbocycles. The molecular formula is C18H24N6O. The van der Waals surface area contributed by atoms with E-state index in [0.717, 1.165) is 42.2 Å². The first kappa shape index (κ1) is 16.2. The first-order valence-electron chi connectivity index (χ1n) is 9.00. The van der Waals surface area contributed by atoms with Crippen molar-refractivity contribution in [2.45, 2.75) is 51.7 Å². The highest BCUT2D eigenvalue weighted by Crippen LogP contribution is 2.24. The maximum Gasteiger partial charge on any atom is 0.247 e. The fraction of sp³-hybridized carbons (Fsp3) is 0.556. The molecular weight excluding hydrogens is 316 g/mol. The van der Waals surface area contributed by atoms with E-state index in [2.05, 4.69) is 15.4 Å². The van der Waals surface area contributed by atoms with Crippen molar-refractivity contribution in [2.75, 3.05) is 13.1 Å². The number of nitrogens with one attached hydrogen (secondary N) is 1. The largest absolute Gasteiger partial charge is 0.336 e. The van der Waals surface area contributed by atoms with Gasteiger partial charge in [0.15, 0.2) is 0 Å². The van der Waals surface area contributed by atoms with E-state index in [1.165, 1.54) is 6.42 Å². The van der Waals surface area contributed by atoms with Crippen LogP contribution >= 0.6 is 0 Å². The molecule has 4 rings (SSSR count). The van der Waals surface area contributed by atoms with Crippen LogP contribution in [0.5, 0.6) is 0 Å². The minimum absolute atomic E-state index is 0.0963. The Morgan fingerprint density at radius 2 is 2.32 bits per heavy atom. The Labute approximate surface area is 147 Å². The molecule has 0 spiro atoms. The monoisotopic (exact) mass is 340 g/mol. The summed E-state index contributed by atoms with van der Waals surface area (Å²) >= 11 is 0. The second kappa shape index (κ2) is 6.55. The zero-order valence-electron chi connectivity index (χ0n) is 14.8. The summed E-state index contributed by atoms with van der Waals surface area (Å²) in [6.07, 6.45) is 6.70. The Morgan fingerprint density at radius 3 is 3.04 bits per heavy atom. The van der Waals surface area contributed by atoms with Crippen molar-refractivity contribution in [3.05, 3.63) is 41.2 Å². The van der Waals surface area contributed by atoms with Gasteiger partial charge in [-0.2, -0.15) is 5.10 Å². The van der Waals surface area contributed by atoms with Crippen LogP contribution in [0, 0.1) is 6.92 Å². The fourth-order valence-corrected chi connectivity index (χ4v) is 3.75. The molecule has 25 heavy (non-hydrogen) atoms. The highest BCUT2D eigenvalue weighted by atomic mass is 16.2. The summed E-state index contributed by atoms with van der Waals surface area (Å²) < 4.78 is 1.78. The summed E-state index contributed by atoms with van der Waals surface area (Å²) in [5.74, 6) is 0.996. The van der Waals surface area contributed by atoms with Crippen LogP contribution in [0.1, 0.15) is 54.6 Å². The molecule has 2 atom stereocenters. The lowest BCUT2D eigenvalue weighted by Gasteiger charge is -2.31. The van der Waals surface area contributed by atoms with E-state index in [4.69, 9.17) is 4.98 Å². The fourth-order valence-electron chi connectivity index (χ4n) is 3.75. The summed E-state index contributed by atoms with van der Waals surface area (Å²) in [6, 6.07) is 1.91. The quantitative estimate of drug-likeness (QED) is 0.917. The highest BCUT2D eigenvalue weighted by Gasteiger charge is 2.28. The van der Waals surface area contributed by atoms with E-state index in [1.807, 2.05) is 31.0 Å². The molecule has 0 aromatic carbocycles. The number of aromatic nitrogens is 4. The van der Waals surface area contributed by atoms with Crippen molar-refractivity contribution in [1.82, 2.24) is 30.0 Å². The molecule has 0 bridgehead atoms. The van der Waals surface area contributed by atoms with Crippen molar-refractivity contribution in [3.8, 4) is 0 Å². The standard InChI is InChI=1S/C18H24N6O/c1-12-5-8-21-24(12)13(2)18(25)23-9-6-15-14(11-23)10-20-17(22-15)16-4-3-7-19-16/h5,8,10,13,16,19H,3-4,6-7,9,11H2,1-2H3. The number of fused-ring (bicyclic) bond motifs is 1. The van der Waals surface area contributed by atoms with Crippen LogP contribution in [0.25, 0.3) is 0 Å². The van der Waals surface area contributed by atoms with E-state index in [9.17, 15) is 4.79 Å². The van der Waals surface area contributed by atoms with Gasteiger partial charge in [-0.3, -0.25) is 9.48 Å². The maximum absolute atomic E-state index is 12.8. The third kappa shape index (κ3) is 3.04. The third-order valence-corrected chi connectivity index (χ3v) is 5.23. The van der Waals surface area contributed by atoms with Gasteiger partial charge in [0, 0.05) is 43.2 Å². The Morgan fingerprint density at radius 1 is 1.44 bits per heavy atom. The van der Waals surface area contributed by atoms with Gasteiger partial charge in [-0.25, -0.2) is 9.97 Å². The summed E-state index contributed by atoms with van der Waals surface area (Å²) in [6.45, 7) is 6.19. The molecule has 1 N–H and O–H groups in total. The van der Waals surface area contributed by atoms with Crippen LogP contribution in [0.3, 0.4) is 0 Å². The van der Waals surface area contributed by atoms with Crippen LogP contribution < -0.4 is 5.32 Å². The maximum atomic E-state index is 12.8. The zero-order chi connectivity index (χ0) is 17.4. The van der Waals surface area contributed by atoms with Crippen LogP contribution in [-0.4, -0.2) is 43.6 Å². The summed E-state index contributed by atoms with van der Waals surface area (Å²) in [4.78, 5) is 24.1. The van der Waals surface area contributed by atoms with Gasteiger partial charge < -0.3 is 10.2 Å². The second-order valence-electron chi connectivity index (χ2n) is 6.95. The summed E-state index contributed by atoms with van der Waals surface area (Å²) in [5.41, 5.74) is 3.15. The summed E-state index contributed by atoms with van der Waals surface area (Å²) in [5, 5.41) is 7.71. The van der Waals surface area contributed by atoms with Crippen LogP contribution in [0.4, 0.5) is 0 Å². The molecule has 2 aliphatic rings. The Kier molecular flexibility index (Phi) is 4.25. The number of amides is 1. The topological polar surface area (TPSA) is 75.9 Å². The van der Waals surface area contributed by atoms with Crippen molar-refractivity contribution in [3.63, 3.8) is 0 Å². The van der Waals surface area contributed by atoms with Crippen molar-refractivity contribution in [1.29, 1.82) is 0 Å². The highest BCUT2D eigenvalue weighted by molar-refractivity contribution is 5.80.